The van der Waals surface area contributed by atoms with Crippen LogP contribution in [0.15, 0.2) is 36.5 Å². The Morgan fingerprint density at radius 2 is 2.07 bits per heavy atom. The lowest BCUT2D eigenvalue weighted by Crippen LogP contribution is -2.36. The Kier molecular flexibility index (Phi) is 5.01. The summed E-state index contributed by atoms with van der Waals surface area (Å²) < 4.78 is 13.3. The quantitative estimate of drug-likeness (QED) is 0.860. The van der Waals surface area contributed by atoms with Crippen molar-refractivity contribution in [3.63, 3.8) is 0 Å². The molecule has 1 N–H and O–H groups in total. The van der Waals surface area contributed by atoms with Crippen LogP contribution in [-0.4, -0.2) is 53.5 Å². The summed E-state index contributed by atoms with van der Waals surface area (Å²) in [6.07, 6.45) is 4.03. The van der Waals surface area contributed by atoms with Gasteiger partial charge in [0.05, 0.1) is 12.5 Å². The lowest BCUT2D eigenvalue weighted by molar-refractivity contribution is -0.121. The van der Waals surface area contributed by atoms with E-state index >= 15 is 0 Å². The Hall–Kier alpha value is -2.38. The summed E-state index contributed by atoms with van der Waals surface area (Å²) in [6.45, 7) is 4.02. The first-order valence-electron chi connectivity index (χ1n) is 10.5. The molecule has 2 fully saturated rings. The predicted molar refractivity (Wildman–Crippen MR) is 109 cm³/mol. The Labute approximate surface area is 171 Å². The van der Waals surface area contributed by atoms with E-state index in [0.717, 1.165) is 44.9 Å². The van der Waals surface area contributed by atoms with Crippen molar-refractivity contribution in [3.8, 4) is 5.75 Å². The van der Waals surface area contributed by atoms with Crippen LogP contribution in [0.5, 0.6) is 5.75 Å². The number of carbonyl (C=O) groups excluding carboxylic acids is 1. The number of benzene rings is 1. The molecule has 154 valence electrons. The number of hydrogen-bond donors (Lipinski definition) is 1. The monoisotopic (exact) mass is 396 g/mol. The number of aryl methyl sites for hydroxylation is 1. The molecule has 0 unspecified atom stereocenters. The van der Waals surface area contributed by atoms with Crippen molar-refractivity contribution >= 4 is 11.7 Å². The molecule has 3 aliphatic rings. The molecular formula is C22H28N4O3. The average Bonchev–Trinajstić information content (AvgIpc) is 3.32. The Morgan fingerprint density at radius 3 is 2.86 bits per heavy atom. The van der Waals surface area contributed by atoms with Gasteiger partial charge in [-0.25, -0.2) is 0 Å². The van der Waals surface area contributed by atoms with E-state index in [1.807, 2.05) is 31.4 Å². The molecule has 3 aliphatic heterocycles. The standard InChI is InChI=1S/C22H28N4O3/c1-25-9-6-20(24-25)23-22(27)17-13-26(12-15-7-10-28-11-8-15)21-16-4-2-3-5-19(16)29-14-18(17)21/h2-6,9,15,17-18,21H,7-8,10-14H2,1H3,(H,23,24,27)/t17-,18+,21+/m1/s1. The van der Waals surface area contributed by atoms with Crippen LogP contribution in [0, 0.1) is 17.8 Å². The molecule has 0 spiro atoms. The van der Waals surface area contributed by atoms with Gasteiger partial charge in [-0.15, -0.1) is 0 Å². The highest BCUT2D eigenvalue weighted by atomic mass is 16.5. The topological polar surface area (TPSA) is 68.6 Å². The van der Waals surface area contributed by atoms with Gasteiger partial charge >= 0.3 is 0 Å². The number of para-hydroxylation sites is 1. The third kappa shape index (κ3) is 3.65. The van der Waals surface area contributed by atoms with Gasteiger partial charge in [-0.3, -0.25) is 14.4 Å². The van der Waals surface area contributed by atoms with Crippen molar-refractivity contribution in [1.29, 1.82) is 0 Å². The molecule has 1 aromatic carbocycles. The fraction of sp³-hybridized carbons (Fsp3) is 0.545. The normalized spacial score (nSPS) is 27.1. The van der Waals surface area contributed by atoms with Gasteiger partial charge in [-0.2, -0.15) is 5.10 Å². The minimum absolute atomic E-state index is 0.0381. The highest BCUT2D eigenvalue weighted by Crippen LogP contribution is 2.48. The lowest BCUT2D eigenvalue weighted by atomic mass is 9.84. The molecule has 2 saturated heterocycles. The van der Waals surface area contributed by atoms with Crippen molar-refractivity contribution in [2.45, 2.75) is 18.9 Å². The SMILES string of the molecule is Cn1ccc(NC(=O)[C@@H]2CN(CC3CCOCC3)[C@H]3c4ccccc4OC[C@@H]23)n1. The van der Waals surface area contributed by atoms with Crippen molar-refractivity contribution in [2.24, 2.45) is 24.8 Å². The third-order valence-electron chi connectivity index (χ3n) is 6.55. The summed E-state index contributed by atoms with van der Waals surface area (Å²) >= 11 is 0. The molecule has 3 atom stereocenters. The van der Waals surface area contributed by atoms with Gasteiger partial charge in [-0.05, 0) is 24.8 Å². The molecule has 29 heavy (non-hydrogen) atoms. The first-order chi connectivity index (χ1) is 14.2. The van der Waals surface area contributed by atoms with E-state index in [-0.39, 0.29) is 23.8 Å². The molecule has 0 radical (unpaired) electrons. The number of hydrogen-bond acceptors (Lipinski definition) is 5. The zero-order valence-electron chi connectivity index (χ0n) is 16.8. The molecule has 7 nitrogen and oxygen atoms in total. The summed E-state index contributed by atoms with van der Waals surface area (Å²) in [5, 5.41) is 7.31. The average molecular weight is 396 g/mol. The summed E-state index contributed by atoms with van der Waals surface area (Å²) in [5.41, 5.74) is 1.21. The van der Waals surface area contributed by atoms with Gasteiger partial charge in [0.25, 0.3) is 0 Å². The highest BCUT2D eigenvalue weighted by Gasteiger charge is 2.49. The largest absolute Gasteiger partial charge is 0.493 e. The maximum absolute atomic E-state index is 13.2. The molecule has 7 heteroatoms. The van der Waals surface area contributed by atoms with Gasteiger partial charge in [0.2, 0.25) is 5.91 Å². The number of ether oxygens (including phenoxy) is 2. The van der Waals surface area contributed by atoms with E-state index in [9.17, 15) is 4.79 Å². The van der Waals surface area contributed by atoms with Gasteiger partial charge < -0.3 is 14.8 Å². The van der Waals surface area contributed by atoms with Crippen LogP contribution in [0.2, 0.25) is 0 Å². The number of aromatic nitrogens is 2. The number of carbonyl (C=O) groups is 1. The maximum atomic E-state index is 13.2. The van der Waals surface area contributed by atoms with Crippen molar-refractivity contribution in [2.75, 3.05) is 38.2 Å². The lowest BCUT2D eigenvalue weighted by Gasteiger charge is -2.36. The first kappa shape index (κ1) is 18.6. The Morgan fingerprint density at radius 1 is 1.24 bits per heavy atom. The van der Waals surface area contributed by atoms with Crippen LogP contribution >= 0.6 is 0 Å². The molecule has 4 heterocycles. The van der Waals surface area contributed by atoms with E-state index in [1.54, 1.807) is 4.68 Å². The first-order valence-corrected chi connectivity index (χ1v) is 10.5. The van der Waals surface area contributed by atoms with Crippen LogP contribution in [0.25, 0.3) is 0 Å². The van der Waals surface area contributed by atoms with Gasteiger partial charge in [0, 0.05) is 63.1 Å². The van der Waals surface area contributed by atoms with E-state index in [4.69, 9.17) is 9.47 Å². The number of nitrogens with zero attached hydrogens (tertiary/aromatic N) is 3. The second kappa shape index (κ2) is 7.80. The number of fused-ring (bicyclic) bond motifs is 3. The molecule has 5 rings (SSSR count). The smallest absolute Gasteiger partial charge is 0.230 e. The van der Waals surface area contributed by atoms with E-state index < -0.39 is 0 Å². The van der Waals surface area contributed by atoms with Crippen molar-refractivity contribution in [3.05, 3.63) is 42.1 Å². The minimum atomic E-state index is -0.116. The van der Waals surface area contributed by atoms with Gasteiger partial charge in [0.15, 0.2) is 5.82 Å². The zero-order valence-corrected chi connectivity index (χ0v) is 16.8. The molecular weight excluding hydrogens is 368 g/mol. The fourth-order valence-corrected chi connectivity index (χ4v) is 5.10. The number of likely N-dealkylation sites (tertiary alicyclic amines) is 1. The molecule has 0 bridgehead atoms. The zero-order chi connectivity index (χ0) is 19.8. The summed E-state index contributed by atoms with van der Waals surface area (Å²) in [5.74, 6) is 2.25. The van der Waals surface area contributed by atoms with E-state index in [0.29, 0.717) is 18.3 Å². The van der Waals surface area contributed by atoms with E-state index in [2.05, 4.69) is 27.4 Å². The summed E-state index contributed by atoms with van der Waals surface area (Å²) in [4.78, 5) is 15.7. The fourth-order valence-electron chi connectivity index (χ4n) is 5.10. The second-order valence-corrected chi connectivity index (χ2v) is 8.44. The Balaban J connectivity index is 1.40. The minimum Gasteiger partial charge on any atom is -0.493 e. The number of nitrogens with one attached hydrogen (secondary N) is 1. The van der Waals surface area contributed by atoms with Crippen molar-refractivity contribution in [1.82, 2.24) is 14.7 Å². The number of anilines is 1. The molecule has 0 aliphatic carbocycles. The predicted octanol–water partition coefficient (Wildman–Crippen LogP) is 2.47. The molecule has 0 saturated carbocycles. The van der Waals surface area contributed by atoms with E-state index in [1.165, 1.54) is 5.56 Å². The number of amides is 1. The van der Waals surface area contributed by atoms with Gasteiger partial charge in [-0.1, -0.05) is 18.2 Å². The number of rotatable bonds is 4. The maximum Gasteiger partial charge on any atom is 0.230 e. The van der Waals surface area contributed by atoms with Crippen LogP contribution in [0.1, 0.15) is 24.4 Å². The molecule has 2 aromatic rings. The van der Waals surface area contributed by atoms with Crippen LogP contribution in [0.3, 0.4) is 0 Å². The van der Waals surface area contributed by atoms with Crippen LogP contribution < -0.4 is 10.1 Å². The highest BCUT2D eigenvalue weighted by molar-refractivity contribution is 5.92. The molecule has 1 aromatic heterocycles. The van der Waals surface area contributed by atoms with Gasteiger partial charge in [0.1, 0.15) is 5.75 Å². The Bertz CT molecular complexity index is 876. The van der Waals surface area contributed by atoms with Crippen molar-refractivity contribution < 1.29 is 14.3 Å². The summed E-state index contributed by atoms with van der Waals surface area (Å²) in [6, 6.07) is 10.3. The third-order valence-corrected chi connectivity index (χ3v) is 6.55. The molecule has 1 amide bonds. The van der Waals surface area contributed by atoms with Crippen LogP contribution in [-0.2, 0) is 16.6 Å². The van der Waals surface area contributed by atoms with Crippen LogP contribution in [0.4, 0.5) is 5.82 Å². The summed E-state index contributed by atoms with van der Waals surface area (Å²) in [7, 11) is 1.85. The second-order valence-electron chi connectivity index (χ2n) is 8.44.